The number of halogens is 1. The zero-order chi connectivity index (χ0) is 13.1. The molecule has 92 valence electrons. The number of hydrogen-bond acceptors (Lipinski definition) is 4. The molecule has 0 fully saturated rings. The Bertz CT molecular complexity index is 602. The van der Waals surface area contributed by atoms with Gasteiger partial charge in [-0.2, -0.15) is 0 Å². The summed E-state index contributed by atoms with van der Waals surface area (Å²) >= 11 is 0. The van der Waals surface area contributed by atoms with E-state index in [0.29, 0.717) is 0 Å². The van der Waals surface area contributed by atoms with Gasteiger partial charge in [0.1, 0.15) is 17.3 Å². The molecule has 18 heavy (non-hydrogen) atoms. The number of carbonyl (C=O) groups excluding carboxylic acids is 1. The largest absolute Gasteiger partial charge is 0.496 e. The molecule has 0 bridgehead atoms. The molecular formula is C12H10FN3O2. The van der Waals surface area contributed by atoms with Gasteiger partial charge in [0.15, 0.2) is 5.82 Å². The Balaban J connectivity index is 2.61. The van der Waals surface area contributed by atoms with Crippen molar-refractivity contribution in [3.8, 4) is 17.1 Å². The van der Waals surface area contributed by atoms with Gasteiger partial charge in [-0.3, -0.25) is 4.79 Å². The molecule has 1 aromatic carbocycles. The highest BCUT2D eigenvalue weighted by Gasteiger charge is 2.15. The minimum atomic E-state index is -0.700. The molecule has 1 amide bonds. The molecule has 2 aromatic rings. The number of nitrogens with two attached hydrogens (primary N) is 1. The van der Waals surface area contributed by atoms with Crippen LogP contribution in [0.1, 0.15) is 10.5 Å². The Morgan fingerprint density at radius 2 is 2.17 bits per heavy atom. The fourth-order valence-electron chi connectivity index (χ4n) is 1.51. The van der Waals surface area contributed by atoms with Gasteiger partial charge in [0.2, 0.25) is 0 Å². The number of benzene rings is 1. The molecule has 5 nitrogen and oxygen atoms in total. The topological polar surface area (TPSA) is 78.1 Å². The second kappa shape index (κ2) is 4.79. The van der Waals surface area contributed by atoms with Crippen molar-refractivity contribution in [2.75, 3.05) is 7.11 Å². The molecule has 6 heteroatoms. The lowest BCUT2D eigenvalue weighted by atomic mass is 10.1. The highest BCUT2D eigenvalue weighted by atomic mass is 19.1. The fourth-order valence-corrected chi connectivity index (χ4v) is 1.51. The second-order valence-corrected chi connectivity index (χ2v) is 3.45. The van der Waals surface area contributed by atoms with E-state index in [1.54, 1.807) is 6.07 Å². The Morgan fingerprint density at radius 1 is 1.39 bits per heavy atom. The predicted molar refractivity (Wildman–Crippen MR) is 62.5 cm³/mol. The number of ether oxygens (including phenoxy) is 1. The zero-order valence-corrected chi connectivity index (χ0v) is 9.55. The smallest absolute Gasteiger partial charge is 0.267 e. The van der Waals surface area contributed by atoms with Gasteiger partial charge >= 0.3 is 0 Å². The van der Waals surface area contributed by atoms with E-state index in [1.807, 2.05) is 0 Å². The van der Waals surface area contributed by atoms with Crippen LogP contribution < -0.4 is 10.5 Å². The van der Waals surface area contributed by atoms with Gasteiger partial charge in [-0.15, -0.1) is 0 Å². The molecule has 0 saturated carbocycles. The van der Waals surface area contributed by atoms with Crippen molar-refractivity contribution in [2.45, 2.75) is 0 Å². The molecule has 0 spiro atoms. The third-order valence-electron chi connectivity index (χ3n) is 2.33. The minimum absolute atomic E-state index is 0.0188. The number of aromatic nitrogens is 2. The van der Waals surface area contributed by atoms with Gasteiger partial charge in [0.25, 0.3) is 5.91 Å². The Morgan fingerprint density at radius 3 is 2.83 bits per heavy atom. The maximum absolute atomic E-state index is 13.8. The molecule has 2 rings (SSSR count). The molecule has 0 atom stereocenters. The molecule has 1 heterocycles. The monoisotopic (exact) mass is 247 g/mol. The molecular weight excluding hydrogens is 237 g/mol. The minimum Gasteiger partial charge on any atom is -0.496 e. The lowest BCUT2D eigenvalue weighted by Crippen LogP contribution is -2.13. The number of hydrogen-bond donors (Lipinski definition) is 1. The number of amides is 1. The van der Waals surface area contributed by atoms with Crippen molar-refractivity contribution in [2.24, 2.45) is 5.73 Å². The third kappa shape index (κ3) is 2.13. The van der Waals surface area contributed by atoms with Crippen molar-refractivity contribution in [3.63, 3.8) is 0 Å². The fraction of sp³-hybridized carbons (Fsp3) is 0.0833. The first kappa shape index (κ1) is 12.0. The first-order valence-corrected chi connectivity index (χ1v) is 5.09. The number of rotatable bonds is 3. The van der Waals surface area contributed by atoms with Gasteiger partial charge in [-0.1, -0.05) is 6.07 Å². The lowest BCUT2D eigenvalue weighted by Gasteiger charge is -2.08. The highest BCUT2D eigenvalue weighted by molar-refractivity contribution is 5.91. The van der Waals surface area contributed by atoms with Crippen molar-refractivity contribution in [1.29, 1.82) is 0 Å². The standard InChI is InChI=1S/C12H10FN3O2/c1-18-9-4-2-3-7(13)10(9)12-15-6-5-8(16-12)11(14)17/h2-6H,1H3,(H2,14,17). The SMILES string of the molecule is COc1cccc(F)c1-c1nccc(C(N)=O)n1. The van der Waals surface area contributed by atoms with Crippen molar-refractivity contribution in [1.82, 2.24) is 9.97 Å². The summed E-state index contributed by atoms with van der Waals surface area (Å²) in [6, 6.07) is 5.71. The molecule has 0 radical (unpaired) electrons. The van der Waals surface area contributed by atoms with Crippen LogP contribution in [0.15, 0.2) is 30.5 Å². The van der Waals surface area contributed by atoms with Crippen LogP contribution in [0, 0.1) is 5.82 Å². The maximum Gasteiger partial charge on any atom is 0.267 e. The number of nitrogens with zero attached hydrogens (tertiary/aromatic N) is 2. The number of primary amides is 1. The van der Waals surface area contributed by atoms with Crippen LogP contribution in [-0.4, -0.2) is 23.0 Å². The molecule has 2 N–H and O–H groups in total. The zero-order valence-electron chi connectivity index (χ0n) is 9.55. The van der Waals surface area contributed by atoms with E-state index in [0.717, 1.165) is 0 Å². The highest BCUT2D eigenvalue weighted by Crippen LogP contribution is 2.29. The van der Waals surface area contributed by atoms with Gasteiger partial charge in [0.05, 0.1) is 12.7 Å². The van der Waals surface area contributed by atoms with E-state index in [4.69, 9.17) is 10.5 Å². The number of carbonyl (C=O) groups is 1. The molecule has 0 aliphatic heterocycles. The van der Waals surface area contributed by atoms with Crippen LogP contribution in [0.2, 0.25) is 0 Å². The van der Waals surface area contributed by atoms with Crippen LogP contribution >= 0.6 is 0 Å². The Labute approximate surface area is 102 Å². The third-order valence-corrected chi connectivity index (χ3v) is 2.33. The molecule has 0 saturated heterocycles. The average Bonchev–Trinajstić information content (AvgIpc) is 2.38. The average molecular weight is 247 g/mol. The summed E-state index contributed by atoms with van der Waals surface area (Å²) in [5.74, 6) is -0.886. The quantitative estimate of drug-likeness (QED) is 0.889. The summed E-state index contributed by atoms with van der Waals surface area (Å²) in [5, 5.41) is 0. The van der Waals surface area contributed by atoms with E-state index >= 15 is 0 Å². The summed E-state index contributed by atoms with van der Waals surface area (Å²) in [4.78, 5) is 18.9. The molecule has 0 unspecified atom stereocenters. The van der Waals surface area contributed by atoms with Gasteiger partial charge in [-0.25, -0.2) is 14.4 Å². The summed E-state index contributed by atoms with van der Waals surface area (Å²) in [7, 11) is 1.41. The summed E-state index contributed by atoms with van der Waals surface area (Å²) < 4.78 is 18.8. The molecule has 0 aliphatic carbocycles. The van der Waals surface area contributed by atoms with Crippen LogP contribution in [-0.2, 0) is 0 Å². The van der Waals surface area contributed by atoms with Gasteiger partial charge < -0.3 is 10.5 Å². The van der Waals surface area contributed by atoms with Crippen LogP contribution in [0.4, 0.5) is 4.39 Å². The van der Waals surface area contributed by atoms with Crippen LogP contribution in [0.5, 0.6) is 5.75 Å². The van der Waals surface area contributed by atoms with Crippen molar-refractivity contribution < 1.29 is 13.9 Å². The second-order valence-electron chi connectivity index (χ2n) is 3.45. The van der Waals surface area contributed by atoms with E-state index in [2.05, 4.69) is 9.97 Å². The van der Waals surface area contributed by atoms with E-state index in [-0.39, 0.29) is 22.8 Å². The van der Waals surface area contributed by atoms with Crippen molar-refractivity contribution >= 4 is 5.91 Å². The molecule has 1 aromatic heterocycles. The lowest BCUT2D eigenvalue weighted by molar-refractivity contribution is 0.0995. The first-order valence-electron chi connectivity index (χ1n) is 5.09. The Hall–Kier alpha value is -2.50. The number of methoxy groups -OCH3 is 1. The normalized spacial score (nSPS) is 10.1. The van der Waals surface area contributed by atoms with Crippen LogP contribution in [0.3, 0.4) is 0 Å². The Kier molecular flexibility index (Phi) is 3.18. The van der Waals surface area contributed by atoms with E-state index in [9.17, 15) is 9.18 Å². The van der Waals surface area contributed by atoms with Gasteiger partial charge in [-0.05, 0) is 18.2 Å². The summed E-state index contributed by atoms with van der Waals surface area (Å²) in [5.41, 5.74) is 5.23. The molecule has 0 aliphatic rings. The van der Waals surface area contributed by atoms with Crippen LogP contribution in [0.25, 0.3) is 11.4 Å². The summed E-state index contributed by atoms with van der Waals surface area (Å²) in [6.07, 6.45) is 1.34. The summed E-state index contributed by atoms with van der Waals surface area (Å²) in [6.45, 7) is 0. The van der Waals surface area contributed by atoms with E-state index in [1.165, 1.54) is 31.5 Å². The van der Waals surface area contributed by atoms with Gasteiger partial charge in [0, 0.05) is 6.20 Å². The van der Waals surface area contributed by atoms with E-state index < -0.39 is 11.7 Å². The predicted octanol–water partition coefficient (Wildman–Crippen LogP) is 1.39. The first-order chi connectivity index (χ1) is 8.63. The maximum atomic E-state index is 13.8. The van der Waals surface area contributed by atoms with Crippen molar-refractivity contribution in [3.05, 3.63) is 42.0 Å².